The zero-order valence-electron chi connectivity index (χ0n) is 25.1. The van der Waals surface area contributed by atoms with Gasteiger partial charge < -0.3 is 20.1 Å². The van der Waals surface area contributed by atoms with Crippen LogP contribution in [0.15, 0.2) is 11.6 Å². The van der Waals surface area contributed by atoms with Crippen LogP contribution in [-0.2, 0) is 9.53 Å². The molecule has 216 valence electrons. The zero-order chi connectivity index (χ0) is 27.9. The normalized spacial score (nSPS) is 51.6. The van der Waals surface area contributed by atoms with E-state index in [9.17, 15) is 20.1 Å². The van der Waals surface area contributed by atoms with Gasteiger partial charge in [-0.3, -0.25) is 4.79 Å². The standard InChI is InChI=1S/C33H54O5/c1-28(2)18-22-21-8-9-24-30(4)13-11-25(35)31(5,20-34)23(30)10-14-33(24,7)32(21,6)16-15-29(22,3)26(19-28)38-17-12-27(36)37/h8,22-26,34-35H,9-20H2,1-7H3,(H,36,37)/t22?,23?,24?,25-,26+,29?,30?,31+,32+,33+/m0/s1. The molecule has 0 amide bonds. The molecule has 0 saturated heterocycles. The van der Waals surface area contributed by atoms with Gasteiger partial charge in [0, 0.05) is 10.8 Å². The summed E-state index contributed by atoms with van der Waals surface area (Å²) in [7, 11) is 0. The van der Waals surface area contributed by atoms with Gasteiger partial charge in [-0.15, -0.1) is 0 Å². The first-order valence-electron chi connectivity index (χ1n) is 15.4. The van der Waals surface area contributed by atoms with Crippen molar-refractivity contribution in [2.45, 2.75) is 125 Å². The molecule has 0 aromatic carbocycles. The maximum atomic E-state index is 11.2. The molecule has 5 rings (SSSR count). The minimum atomic E-state index is -0.788. The molecular weight excluding hydrogens is 476 g/mol. The molecule has 0 radical (unpaired) electrons. The number of aliphatic hydroxyl groups is 2. The molecule has 5 unspecified atom stereocenters. The number of allylic oxidation sites excluding steroid dienone is 2. The van der Waals surface area contributed by atoms with Crippen LogP contribution in [0.5, 0.6) is 0 Å². The Kier molecular flexibility index (Phi) is 6.81. The van der Waals surface area contributed by atoms with Crippen LogP contribution in [0, 0.1) is 50.2 Å². The van der Waals surface area contributed by atoms with Crippen LogP contribution in [0.25, 0.3) is 0 Å². The highest BCUT2D eigenvalue weighted by Gasteiger charge is 2.69. The van der Waals surface area contributed by atoms with Gasteiger partial charge in [0.2, 0.25) is 0 Å². The van der Waals surface area contributed by atoms with E-state index in [0.29, 0.717) is 24.4 Å². The number of hydrogen-bond acceptors (Lipinski definition) is 4. The number of carbonyl (C=O) groups is 1. The molecule has 5 heteroatoms. The van der Waals surface area contributed by atoms with Crippen molar-refractivity contribution < 1.29 is 24.9 Å². The first-order valence-corrected chi connectivity index (χ1v) is 15.4. The van der Waals surface area contributed by atoms with E-state index >= 15 is 0 Å². The molecule has 0 heterocycles. The van der Waals surface area contributed by atoms with E-state index in [4.69, 9.17) is 4.74 Å². The monoisotopic (exact) mass is 530 g/mol. The van der Waals surface area contributed by atoms with Gasteiger partial charge in [0.25, 0.3) is 0 Å². The summed E-state index contributed by atoms with van der Waals surface area (Å²) in [6.45, 7) is 17.3. The van der Waals surface area contributed by atoms with E-state index < -0.39 is 17.5 Å². The molecule has 10 atom stereocenters. The summed E-state index contributed by atoms with van der Waals surface area (Å²) in [5.41, 5.74) is 1.85. The SMILES string of the molecule is CC1(C)CC2C3=CCC4C5(C)CC[C@H](O)[C@](C)(CO)C5CC[C@@]4(C)[C@]3(C)CCC2(C)[C@H](OCCC(=O)O)C1. The molecule has 3 N–H and O–H groups in total. The molecule has 4 saturated carbocycles. The lowest BCUT2D eigenvalue weighted by Gasteiger charge is -2.71. The summed E-state index contributed by atoms with van der Waals surface area (Å²) in [5, 5.41) is 30.7. The van der Waals surface area contributed by atoms with E-state index in [2.05, 4.69) is 54.5 Å². The lowest BCUT2D eigenvalue weighted by atomic mass is 9.33. The Balaban J connectivity index is 1.52. The fourth-order valence-electron chi connectivity index (χ4n) is 11.2. The summed E-state index contributed by atoms with van der Waals surface area (Å²) < 4.78 is 6.42. The van der Waals surface area contributed by atoms with E-state index in [-0.39, 0.29) is 46.2 Å². The Morgan fingerprint density at radius 3 is 2.32 bits per heavy atom. The molecule has 4 fully saturated rings. The van der Waals surface area contributed by atoms with E-state index in [1.165, 1.54) is 6.42 Å². The second-order valence-corrected chi connectivity index (χ2v) is 16.1. The lowest BCUT2D eigenvalue weighted by Crippen LogP contribution is -2.66. The topological polar surface area (TPSA) is 87.0 Å². The van der Waals surface area contributed by atoms with Gasteiger partial charge >= 0.3 is 5.97 Å². The predicted octanol–water partition coefficient (Wildman–Crippen LogP) is 6.61. The summed E-state index contributed by atoms with van der Waals surface area (Å²) in [6, 6.07) is 0. The lowest BCUT2D eigenvalue weighted by molar-refractivity contribution is -0.220. The summed E-state index contributed by atoms with van der Waals surface area (Å²) >= 11 is 0. The van der Waals surface area contributed by atoms with Crippen molar-refractivity contribution in [3.63, 3.8) is 0 Å². The molecule has 38 heavy (non-hydrogen) atoms. The number of fused-ring (bicyclic) bond motifs is 7. The van der Waals surface area contributed by atoms with Crippen LogP contribution >= 0.6 is 0 Å². The zero-order valence-corrected chi connectivity index (χ0v) is 25.1. The van der Waals surface area contributed by atoms with Crippen molar-refractivity contribution in [2.24, 2.45) is 50.2 Å². The van der Waals surface area contributed by atoms with Gasteiger partial charge in [0.1, 0.15) is 0 Å². The van der Waals surface area contributed by atoms with Crippen molar-refractivity contribution in [2.75, 3.05) is 13.2 Å². The van der Waals surface area contributed by atoms with Gasteiger partial charge in [-0.05, 0) is 97.2 Å². The third-order valence-corrected chi connectivity index (χ3v) is 13.8. The smallest absolute Gasteiger partial charge is 0.305 e. The third-order valence-electron chi connectivity index (χ3n) is 13.8. The van der Waals surface area contributed by atoms with E-state index in [1.807, 2.05) is 0 Å². The summed E-state index contributed by atoms with van der Waals surface area (Å²) in [6.07, 6.45) is 12.0. The fraction of sp³-hybridized carbons (Fsp3) is 0.909. The second kappa shape index (κ2) is 9.05. The van der Waals surface area contributed by atoms with Crippen LogP contribution in [-0.4, -0.2) is 46.7 Å². The summed E-state index contributed by atoms with van der Waals surface area (Å²) in [4.78, 5) is 11.2. The first-order chi connectivity index (χ1) is 17.6. The largest absolute Gasteiger partial charge is 0.481 e. The first kappa shape index (κ1) is 28.6. The maximum Gasteiger partial charge on any atom is 0.305 e. The highest BCUT2D eigenvalue weighted by Crippen LogP contribution is 2.75. The van der Waals surface area contributed by atoms with Gasteiger partial charge in [-0.25, -0.2) is 0 Å². The number of rotatable bonds is 5. The molecule has 0 aromatic rings. The maximum absolute atomic E-state index is 11.2. The third kappa shape index (κ3) is 3.84. The number of aliphatic hydroxyl groups excluding tert-OH is 2. The molecule has 0 bridgehead atoms. The number of aliphatic carboxylic acids is 1. The van der Waals surface area contributed by atoms with Crippen LogP contribution in [0.3, 0.4) is 0 Å². The van der Waals surface area contributed by atoms with E-state index in [1.54, 1.807) is 5.57 Å². The average molecular weight is 531 g/mol. The predicted molar refractivity (Wildman–Crippen MR) is 150 cm³/mol. The second-order valence-electron chi connectivity index (χ2n) is 16.1. The Bertz CT molecular complexity index is 988. The number of hydrogen-bond donors (Lipinski definition) is 3. The van der Waals surface area contributed by atoms with Crippen LogP contribution in [0.4, 0.5) is 0 Å². The van der Waals surface area contributed by atoms with Crippen LogP contribution < -0.4 is 0 Å². The quantitative estimate of drug-likeness (QED) is 0.348. The van der Waals surface area contributed by atoms with Gasteiger partial charge in [0.05, 0.1) is 31.8 Å². The molecule has 0 aliphatic heterocycles. The van der Waals surface area contributed by atoms with Gasteiger partial charge in [0.15, 0.2) is 0 Å². The van der Waals surface area contributed by atoms with Gasteiger partial charge in [-0.2, -0.15) is 0 Å². The van der Waals surface area contributed by atoms with E-state index in [0.717, 1.165) is 51.4 Å². The Morgan fingerprint density at radius 2 is 1.66 bits per heavy atom. The van der Waals surface area contributed by atoms with Crippen LogP contribution in [0.1, 0.15) is 113 Å². The number of ether oxygens (including phenoxy) is 1. The minimum Gasteiger partial charge on any atom is -0.481 e. The molecule has 5 nitrogen and oxygen atoms in total. The fourth-order valence-corrected chi connectivity index (χ4v) is 11.2. The molecule has 0 spiro atoms. The van der Waals surface area contributed by atoms with Crippen molar-refractivity contribution in [3.8, 4) is 0 Å². The Labute approximate surface area is 230 Å². The Morgan fingerprint density at radius 1 is 0.947 bits per heavy atom. The van der Waals surface area contributed by atoms with Crippen molar-refractivity contribution in [1.82, 2.24) is 0 Å². The molecular formula is C33H54O5. The average Bonchev–Trinajstić information content (AvgIpc) is 2.83. The highest BCUT2D eigenvalue weighted by molar-refractivity contribution is 5.66. The highest BCUT2D eigenvalue weighted by atomic mass is 16.5. The molecule has 5 aliphatic rings. The minimum absolute atomic E-state index is 0.0358. The molecule has 0 aromatic heterocycles. The Hall–Kier alpha value is -0.910. The number of carboxylic acid groups (broad SMARTS) is 1. The molecule has 5 aliphatic carbocycles. The van der Waals surface area contributed by atoms with Crippen LogP contribution in [0.2, 0.25) is 0 Å². The summed E-state index contributed by atoms with van der Waals surface area (Å²) in [5.74, 6) is 0.557. The van der Waals surface area contributed by atoms with Crippen molar-refractivity contribution in [1.29, 1.82) is 0 Å². The number of carboxylic acids is 1. The van der Waals surface area contributed by atoms with Crippen molar-refractivity contribution in [3.05, 3.63) is 11.6 Å². The van der Waals surface area contributed by atoms with Crippen molar-refractivity contribution >= 4 is 5.97 Å². The van der Waals surface area contributed by atoms with Gasteiger partial charge in [-0.1, -0.05) is 60.1 Å².